The Balaban J connectivity index is 1.38. The first-order valence-corrected chi connectivity index (χ1v) is 13.7. The molecule has 11 nitrogen and oxygen atoms in total. The number of aromatic nitrogens is 3. The Morgan fingerprint density at radius 2 is 1.60 bits per heavy atom. The molecule has 40 heavy (non-hydrogen) atoms. The molecule has 12 heteroatoms. The zero-order valence-corrected chi connectivity index (χ0v) is 22.8. The summed E-state index contributed by atoms with van der Waals surface area (Å²) in [6.07, 6.45) is 6.59. The van der Waals surface area contributed by atoms with Gasteiger partial charge in [-0.05, 0) is 55.0 Å². The molecule has 5 rings (SSSR count). The highest BCUT2D eigenvalue weighted by molar-refractivity contribution is 7.85. The lowest BCUT2D eigenvalue weighted by Crippen LogP contribution is -2.24. The van der Waals surface area contributed by atoms with E-state index in [1.165, 1.54) is 12.4 Å². The Hall–Kier alpha value is -4.97. The van der Waals surface area contributed by atoms with Gasteiger partial charge in [-0.2, -0.15) is 8.42 Å². The predicted molar refractivity (Wildman–Crippen MR) is 154 cm³/mol. The van der Waals surface area contributed by atoms with Crippen LogP contribution in [0.4, 0.5) is 22.1 Å². The first-order valence-electron chi connectivity index (χ1n) is 12.3. The normalized spacial score (nSPS) is 13.1. The number of carbonyl (C=O) groups excluding carboxylic acids is 1. The highest BCUT2D eigenvalue weighted by atomic mass is 32.2. The third-order valence-electron chi connectivity index (χ3n) is 6.14. The van der Waals surface area contributed by atoms with Gasteiger partial charge in [-0.25, -0.2) is 19.8 Å². The molecule has 2 aromatic heterocycles. The van der Waals surface area contributed by atoms with Crippen LogP contribution in [0, 0.1) is 13.1 Å². The van der Waals surface area contributed by atoms with Gasteiger partial charge in [0, 0.05) is 48.9 Å². The van der Waals surface area contributed by atoms with Crippen LogP contribution >= 0.6 is 0 Å². The summed E-state index contributed by atoms with van der Waals surface area (Å²) >= 11 is 0. The number of nitrogens with zero attached hydrogens (tertiary/aromatic N) is 5. The topological polar surface area (TPSA) is 141 Å². The van der Waals surface area contributed by atoms with Crippen molar-refractivity contribution in [3.05, 3.63) is 84.8 Å². The SMILES string of the molecule is CNC(=O)Nc1ccc(-c2cc(-c3ccnc(Nc4ccc(C)c(S(=O)(=O)[N+]5=CC=N[C]5C)c4)n3)ccn2)cc1. The van der Waals surface area contributed by atoms with Gasteiger partial charge >= 0.3 is 22.2 Å². The van der Waals surface area contributed by atoms with E-state index in [9.17, 15) is 13.2 Å². The Morgan fingerprint density at radius 1 is 0.850 bits per heavy atom. The summed E-state index contributed by atoms with van der Waals surface area (Å²) < 4.78 is 27.6. The molecule has 2 aromatic carbocycles. The number of hydrogen-bond acceptors (Lipinski definition) is 8. The van der Waals surface area contributed by atoms with Gasteiger partial charge in [-0.3, -0.25) is 4.98 Å². The number of aliphatic imine (C=N–C) groups is 1. The number of rotatable bonds is 7. The van der Waals surface area contributed by atoms with Crippen molar-refractivity contribution in [3.63, 3.8) is 0 Å². The van der Waals surface area contributed by atoms with E-state index in [0.29, 0.717) is 34.7 Å². The summed E-state index contributed by atoms with van der Waals surface area (Å²) in [5.74, 6) is 0.312. The van der Waals surface area contributed by atoms with Gasteiger partial charge in [-0.1, -0.05) is 22.2 Å². The molecule has 3 heterocycles. The quantitative estimate of drug-likeness (QED) is 0.288. The fourth-order valence-electron chi connectivity index (χ4n) is 4.06. The second-order valence-corrected chi connectivity index (χ2v) is 10.6. The lowest BCUT2D eigenvalue weighted by molar-refractivity contribution is -0.337. The van der Waals surface area contributed by atoms with Crippen molar-refractivity contribution < 1.29 is 17.2 Å². The number of hydrogen-bond donors (Lipinski definition) is 3. The van der Waals surface area contributed by atoms with Gasteiger partial charge in [-0.15, -0.1) is 0 Å². The van der Waals surface area contributed by atoms with E-state index in [-0.39, 0.29) is 10.9 Å². The van der Waals surface area contributed by atoms with Crippen LogP contribution in [0.2, 0.25) is 0 Å². The zero-order valence-electron chi connectivity index (χ0n) is 22.0. The molecule has 201 valence electrons. The second-order valence-electron chi connectivity index (χ2n) is 8.86. The van der Waals surface area contributed by atoms with Crippen molar-refractivity contribution in [2.45, 2.75) is 18.7 Å². The molecule has 0 unspecified atom stereocenters. The highest BCUT2D eigenvalue weighted by Crippen LogP contribution is 2.28. The maximum absolute atomic E-state index is 13.2. The van der Waals surface area contributed by atoms with Crippen LogP contribution in [0.15, 0.2) is 82.9 Å². The molecule has 2 amide bonds. The van der Waals surface area contributed by atoms with E-state index in [1.807, 2.05) is 24.3 Å². The molecule has 4 aromatic rings. The predicted octanol–water partition coefficient (Wildman–Crippen LogP) is 4.37. The largest absolute Gasteiger partial charge is 0.397 e. The molecular formula is C28H26N8O3S+. The lowest BCUT2D eigenvalue weighted by atomic mass is 10.1. The molecule has 1 aliphatic heterocycles. The van der Waals surface area contributed by atoms with Crippen LogP contribution in [0.1, 0.15) is 12.5 Å². The number of nitrogens with one attached hydrogen (secondary N) is 3. The van der Waals surface area contributed by atoms with E-state index in [4.69, 9.17) is 0 Å². The first-order chi connectivity index (χ1) is 19.2. The molecule has 3 N–H and O–H groups in total. The maximum atomic E-state index is 13.2. The lowest BCUT2D eigenvalue weighted by Gasteiger charge is -2.11. The summed E-state index contributed by atoms with van der Waals surface area (Å²) in [6.45, 7) is 3.38. The Bertz CT molecular complexity index is 1750. The Labute approximate surface area is 231 Å². The number of carbonyl (C=O) groups is 1. The van der Waals surface area contributed by atoms with Crippen molar-refractivity contribution in [3.8, 4) is 22.5 Å². The second kappa shape index (κ2) is 11.0. The van der Waals surface area contributed by atoms with Gasteiger partial charge in [0.1, 0.15) is 4.90 Å². The minimum absolute atomic E-state index is 0.157. The number of sulfonamides is 1. The number of benzene rings is 2. The van der Waals surface area contributed by atoms with E-state index in [2.05, 4.69) is 35.9 Å². The third-order valence-corrected chi connectivity index (χ3v) is 8.04. The number of aryl methyl sites for hydroxylation is 1. The molecular weight excluding hydrogens is 528 g/mol. The van der Waals surface area contributed by atoms with Crippen molar-refractivity contribution >= 4 is 45.8 Å². The van der Waals surface area contributed by atoms with Crippen LogP contribution < -0.4 is 16.0 Å². The van der Waals surface area contributed by atoms with Gasteiger partial charge < -0.3 is 16.0 Å². The molecule has 0 bridgehead atoms. The molecule has 0 saturated heterocycles. The van der Waals surface area contributed by atoms with Crippen molar-refractivity contribution in [1.29, 1.82) is 0 Å². The first kappa shape index (κ1) is 26.6. The average Bonchev–Trinajstić information content (AvgIpc) is 3.41. The van der Waals surface area contributed by atoms with Crippen LogP contribution in [-0.4, -0.2) is 52.9 Å². The monoisotopic (exact) mass is 554 g/mol. The molecule has 1 aliphatic rings. The molecule has 0 aliphatic carbocycles. The van der Waals surface area contributed by atoms with E-state index >= 15 is 0 Å². The zero-order chi connectivity index (χ0) is 28.3. The van der Waals surface area contributed by atoms with E-state index < -0.39 is 10.0 Å². The Morgan fingerprint density at radius 3 is 2.33 bits per heavy atom. The third kappa shape index (κ3) is 5.57. The van der Waals surface area contributed by atoms with Gasteiger partial charge in [0.2, 0.25) is 12.2 Å². The molecule has 0 spiro atoms. The summed E-state index contributed by atoms with van der Waals surface area (Å²) in [6, 6.07) is 17.7. The summed E-state index contributed by atoms with van der Waals surface area (Å²) in [4.78, 5) is 29.2. The van der Waals surface area contributed by atoms with Gasteiger partial charge in [0.15, 0.2) is 0 Å². The van der Waals surface area contributed by atoms with Crippen LogP contribution in [-0.2, 0) is 10.0 Å². The molecule has 0 atom stereocenters. The number of pyridine rings is 1. The summed E-state index contributed by atoms with van der Waals surface area (Å²) in [7, 11) is -2.27. The summed E-state index contributed by atoms with van der Waals surface area (Å²) in [5, 5.41) is 8.36. The van der Waals surface area contributed by atoms with Crippen LogP contribution in [0.5, 0.6) is 0 Å². The number of urea groups is 1. The van der Waals surface area contributed by atoms with E-state index in [1.54, 1.807) is 69.7 Å². The maximum Gasteiger partial charge on any atom is 0.397 e. The molecule has 1 radical (unpaired) electrons. The molecule has 0 saturated carbocycles. The number of amides is 2. The van der Waals surface area contributed by atoms with Crippen LogP contribution in [0.25, 0.3) is 22.5 Å². The molecule has 0 fully saturated rings. The van der Waals surface area contributed by atoms with Crippen molar-refractivity contribution in [1.82, 2.24) is 20.3 Å². The fraction of sp³-hybridized carbons (Fsp3) is 0.107. The minimum atomic E-state index is -3.82. The van der Waals surface area contributed by atoms with E-state index in [0.717, 1.165) is 20.8 Å². The highest BCUT2D eigenvalue weighted by Gasteiger charge is 2.37. The van der Waals surface area contributed by atoms with Crippen molar-refractivity contribution in [2.24, 2.45) is 4.99 Å². The standard InChI is InChI=1S/C28H26N8O3S/c1-18-4-7-23(17-26(18)40(38,39)36-15-14-30-19(36)2)33-27-32-13-11-24(35-27)21-10-12-31-25(16-21)20-5-8-22(9-6-20)34-28(37)29-3/h4-17H,1-3H3,(H2,29,34,37)(H,32,33,35)/q+1. The average molecular weight is 555 g/mol. The summed E-state index contributed by atoms with van der Waals surface area (Å²) in [5.41, 5.74) is 4.89. The smallest absolute Gasteiger partial charge is 0.341 e. The Kier molecular flexibility index (Phi) is 7.34. The van der Waals surface area contributed by atoms with Crippen LogP contribution in [0.3, 0.4) is 0 Å². The van der Waals surface area contributed by atoms with Crippen molar-refractivity contribution in [2.75, 3.05) is 17.7 Å². The number of anilines is 3. The van der Waals surface area contributed by atoms with Gasteiger partial charge in [0.05, 0.1) is 17.6 Å². The minimum Gasteiger partial charge on any atom is -0.341 e. The fourth-order valence-corrected chi connectivity index (χ4v) is 5.63. The van der Waals surface area contributed by atoms with Gasteiger partial charge in [0.25, 0.3) is 0 Å².